The van der Waals surface area contributed by atoms with E-state index in [2.05, 4.69) is 5.32 Å². The Morgan fingerprint density at radius 2 is 1.96 bits per heavy atom. The van der Waals surface area contributed by atoms with Crippen molar-refractivity contribution in [2.45, 2.75) is 32.6 Å². The number of carbonyl (C=O) groups excluding carboxylic acids is 2. The lowest BCUT2D eigenvalue weighted by Gasteiger charge is -2.08. The van der Waals surface area contributed by atoms with E-state index < -0.39 is 5.97 Å². The van der Waals surface area contributed by atoms with Crippen LogP contribution in [0.2, 0.25) is 0 Å². The lowest BCUT2D eigenvalue weighted by molar-refractivity contribution is 0.0601. The number of anilines is 1. The van der Waals surface area contributed by atoms with Gasteiger partial charge in [0.1, 0.15) is 10.8 Å². The van der Waals surface area contributed by atoms with Crippen LogP contribution in [0, 0.1) is 0 Å². The highest BCUT2D eigenvalue weighted by Crippen LogP contribution is 2.39. The van der Waals surface area contributed by atoms with Crippen molar-refractivity contribution < 1.29 is 19.1 Å². The number of ether oxygens (including phenoxy) is 2. The molecule has 132 valence electrons. The maximum Gasteiger partial charge on any atom is 0.341 e. The Kier molecular flexibility index (Phi) is 5.38. The van der Waals surface area contributed by atoms with Gasteiger partial charge in [-0.05, 0) is 55.5 Å². The third-order valence-electron chi connectivity index (χ3n) is 4.13. The van der Waals surface area contributed by atoms with E-state index in [1.54, 1.807) is 24.3 Å². The molecule has 1 aromatic heterocycles. The first-order valence-electron chi connectivity index (χ1n) is 8.41. The molecule has 0 bridgehead atoms. The minimum absolute atomic E-state index is 0.243. The topological polar surface area (TPSA) is 64.6 Å². The summed E-state index contributed by atoms with van der Waals surface area (Å²) in [4.78, 5) is 25.8. The summed E-state index contributed by atoms with van der Waals surface area (Å²) >= 11 is 1.47. The largest absolute Gasteiger partial charge is 0.494 e. The van der Waals surface area contributed by atoms with Crippen LogP contribution in [0.3, 0.4) is 0 Å². The Bertz CT molecular complexity index is 779. The number of thiophene rings is 1. The zero-order valence-electron chi connectivity index (χ0n) is 14.4. The van der Waals surface area contributed by atoms with Crippen molar-refractivity contribution in [3.05, 3.63) is 45.8 Å². The monoisotopic (exact) mass is 359 g/mol. The van der Waals surface area contributed by atoms with Gasteiger partial charge in [-0.25, -0.2) is 4.79 Å². The molecule has 5 nitrogen and oxygen atoms in total. The zero-order chi connectivity index (χ0) is 17.8. The molecule has 0 saturated carbocycles. The number of aryl methyl sites for hydroxylation is 1. The highest BCUT2D eigenvalue weighted by molar-refractivity contribution is 7.17. The van der Waals surface area contributed by atoms with Gasteiger partial charge >= 0.3 is 5.97 Å². The van der Waals surface area contributed by atoms with Gasteiger partial charge in [0, 0.05) is 10.4 Å². The molecule has 0 aliphatic heterocycles. The predicted molar refractivity (Wildman–Crippen MR) is 97.9 cm³/mol. The molecule has 0 radical (unpaired) electrons. The number of benzene rings is 1. The zero-order valence-corrected chi connectivity index (χ0v) is 15.2. The standard InChI is InChI=1S/C19H21NO4S/c1-3-11-24-13-9-7-12(8-10-13)17(21)20-18-16(19(22)23-2)14-5-4-6-15(14)25-18/h7-10H,3-6,11H2,1-2H3,(H,20,21). The van der Waals surface area contributed by atoms with E-state index in [1.807, 2.05) is 6.92 Å². The summed E-state index contributed by atoms with van der Waals surface area (Å²) in [5, 5.41) is 3.45. The normalized spacial score (nSPS) is 12.6. The second-order valence-corrected chi connectivity index (χ2v) is 6.99. The molecule has 2 aromatic rings. The molecule has 0 atom stereocenters. The molecule has 0 fully saturated rings. The van der Waals surface area contributed by atoms with Crippen LogP contribution in [0.4, 0.5) is 5.00 Å². The maximum absolute atomic E-state index is 12.5. The van der Waals surface area contributed by atoms with Crippen molar-refractivity contribution in [2.24, 2.45) is 0 Å². The fourth-order valence-electron chi connectivity index (χ4n) is 2.91. The smallest absolute Gasteiger partial charge is 0.341 e. The first-order valence-corrected chi connectivity index (χ1v) is 9.22. The van der Waals surface area contributed by atoms with Crippen molar-refractivity contribution in [1.29, 1.82) is 0 Å². The number of hydrogen-bond donors (Lipinski definition) is 1. The molecule has 1 heterocycles. The first kappa shape index (κ1) is 17.5. The number of nitrogens with one attached hydrogen (secondary N) is 1. The van der Waals surface area contributed by atoms with Gasteiger partial charge in [0.15, 0.2) is 0 Å². The van der Waals surface area contributed by atoms with Crippen molar-refractivity contribution in [3.8, 4) is 5.75 Å². The Labute approximate surface area is 151 Å². The van der Waals surface area contributed by atoms with E-state index in [1.165, 1.54) is 23.3 Å². The molecule has 0 unspecified atom stereocenters. The molecule has 1 amide bonds. The molecule has 1 aliphatic carbocycles. The Balaban J connectivity index is 1.78. The summed E-state index contributed by atoms with van der Waals surface area (Å²) in [5.41, 5.74) is 2.06. The van der Waals surface area contributed by atoms with Crippen LogP contribution in [0.25, 0.3) is 0 Å². The van der Waals surface area contributed by atoms with Crippen LogP contribution in [-0.2, 0) is 17.6 Å². The highest BCUT2D eigenvalue weighted by atomic mass is 32.1. The number of amides is 1. The molecule has 0 spiro atoms. The summed E-state index contributed by atoms with van der Waals surface area (Å²) in [6.07, 6.45) is 3.78. The summed E-state index contributed by atoms with van der Waals surface area (Å²) in [7, 11) is 1.36. The van der Waals surface area contributed by atoms with Gasteiger partial charge in [-0.15, -0.1) is 11.3 Å². The van der Waals surface area contributed by atoms with Gasteiger partial charge in [-0.3, -0.25) is 4.79 Å². The Hall–Kier alpha value is -2.34. The fraction of sp³-hybridized carbons (Fsp3) is 0.368. The number of rotatable bonds is 6. The quantitative estimate of drug-likeness (QED) is 0.790. The average Bonchev–Trinajstić information content (AvgIpc) is 3.20. The summed E-state index contributed by atoms with van der Waals surface area (Å²) < 4.78 is 10.4. The van der Waals surface area contributed by atoms with Crippen LogP contribution in [0.5, 0.6) is 5.75 Å². The highest BCUT2D eigenvalue weighted by Gasteiger charge is 2.28. The van der Waals surface area contributed by atoms with Crippen LogP contribution in [0.15, 0.2) is 24.3 Å². The third-order valence-corrected chi connectivity index (χ3v) is 5.33. The number of methoxy groups -OCH3 is 1. The number of fused-ring (bicyclic) bond motifs is 1. The van der Waals surface area contributed by atoms with Crippen molar-refractivity contribution in [2.75, 3.05) is 19.0 Å². The van der Waals surface area contributed by atoms with Crippen LogP contribution in [0.1, 0.15) is 50.9 Å². The SMILES string of the molecule is CCCOc1ccc(C(=O)Nc2sc3c(c2C(=O)OC)CCC3)cc1. The Morgan fingerprint density at radius 3 is 2.64 bits per heavy atom. The van der Waals surface area contributed by atoms with Crippen molar-refractivity contribution in [1.82, 2.24) is 0 Å². The second-order valence-electron chi connectivity index (χ2n) is 5.88. The van der Waals surface area contributed by atoms with Gasteiger partial charge in [0.25, 0.3) is 5.91 Å². The summed E-state index contributed by atoms with van der Waals surface area (Å²) in [6, 6.07) is 7.00. The molecule has 6 heteroatoms. The van der Waals surface area contributed by atoms with E-state index >= 15 is 0 Å². The van der Waals surface area contributed by atoms with Crippen LogP contribution in [-0.4, -0.2) is 25.6 Å². The maximum atomic E-state index is 12.5. The van der Waals surface area contributed by atoms with E-state index in [9.17, 15) is 9.59 Å². The third kappa shape index (κ3) is 3.69. The Morgan fingerprint density at radius 1 is 1.20 bits per heavy atom. The molecule has 3 rings (SSSR count). The lowest BCUT2D eigenvalue weighted by atomic mass is 10.1. The molecule has 25 heavy (non-hydrogen) atoms. The molecule has 1 aliphatic rings. The van der Waals surface area contributed by atoms with Crippen LogP contribution < -0.4 is 10.1 Å². The van der Waals surface area contributed by atoms with Crippen molar-refractivity contribution in [3.63, 3.8) is 0 Å². The van der Waals surface area contributed by atoms with Gasteiger partial charge in [-0.1, -0.05) is 6.92 Å². The van der Waals surface area contributed by atoms with E-state index in [-0.39, 0.29) is 5.91 Å². The van der Waals surface area contributed by atoms with Gasteiger partial charge in [-0.2, -0.15) is 0 Å². The van der Waals surface area contributed by atoms with E-state index in [4.69, 9.17) is 9.47 Å². The van der Waals surface area contributed by atoms with Gasteiger partial charge in [0.05, 0.1) is 19.3 Å². The van der Waals surface area contributed by atoms with Crippen molar-refractivity contribution >= 4 is 28.2 Å². The molecule has 1 aromatic carbocycles. The number of esters is 1. The molecule has 1 N–H and O–H groups in total. The predicted octanol–water partition coefficient (Wildman–Crippen LogP) is 4.06. The molecular formula is C19H21NO4S. The molecule has 0 saturated heterocycles. The summed E-state index contributed by atoms with van der Waals surface area (Å²) in [5.74, 6) is 0.105. The molecular weight excluding hydrogens is 338 g/mol. The summed E-state index contributed by atoms with van der Waals surface area (Å²) in [6.45, 7) is 2.69. The fourth-order valence-corrected chi connectivity index (χ4v) is 4.18. The van der Waals surface area contributed by atoms with Gasteiger partial charge < -0.3 is 14.8 Å². The average molecular weight is 359 g/mol. The van der Waals surface area contributed by atoms with E-state index in [0.29, 0.717) is 22.7 Å². The van der Waals surface area contributed by atoms with Gasteiger partial charge in [0.2, 0.25) is 0 Å². The first-order chi connectivity index (χ1) is 12.1. The second kappa shape index (κ2) is 7.70. The van der Waals surface area contributed by atoms with E-state index in [0.717, 1.165) is 37.0 Å². The minimum atomic E-state index is -0.391. The minimum Gasteiger partial charge on any atom is -0.494 e. The number of hydrogen-bond acceptors (Lipinski definition) is 5. The van der Waals surface area contributed by atoms with Crippen LogP contribution >= 0.6 is 11.3 Å². The lowest BCUT2D eigenvalue weighted by Crippen LogP contribution is -2.14. The number of carbonyl (C=O) groups is 2.